The molecule has 2 aromatic carbocycles. The van der Waals surface area contributed by atoms with Crippen molar-refractivity contribution in [1.82, 2.24) is 5.01 Å². The molecule has 1 aliphatic heterocycles. The maximum Gasteiger partial charge on any atom is 0.274 e. The van der Waals surface area contributed by atoms with Crippen LogP contribution in [-0.2, 0) is 0 Å². The zero-order valence-electron chi connectivity index (χ0n) is 11.1. The Labute approximate surface area is 130 Å². The highest BCUT2D eigenvalue weighted by Crippen LogP contribution is 2.19. The Balaban J connectivity index is 1.84. The molecule has 0 aliphatic carbocycles. The van der Waals surface area contributed by atoms with Crippen LogP contribution < -0.4 is 0 Å². The van der Waals surface area contributed by atoms with Gasteiger partial charge in [0, 0.05) is 16.5 Å². The van der Waals surface area contributed by atoms with Gasteiger partial charge in [-0.05, 0) is 35.9 Å². The lowest BCUT2D eigenvalue weighted by atomic mass is 10.1. The summed E-state index contributed by atoms with van der Waals surface area (Å²) in [6.07, 6.45) is 0.692. The average Bonchev–Trinajstić information content (AvgIpc) is 2.96. The zero-order valence-corrected chi connectivity index (χ0v) is 12.7. The van der Waals surface area contributed by atoms with E-state index in [2.05, 4.69) is 21.0 Å². The van der Waals surface area contributed by atoms with Gasteiger partial charge in [0.15, 0.2) is 0 Å². The van der Waals surface area contributed by atoms with Crippen LogP contribution in [0.4, 0.5) is 4.39 Å². The van der Waals surface area contributed by atoms with Crippen molar-refractivity contribution in [2.75, 3.05) is 6.54 Å². The van der Waals surface area contributed by atoms with E-state index >= 15 is 0 Å². The third kappa shape index (κ3) is 3.03. The minimum Gasteiger partial charge on any atom is -0.267 e. The summed E-state index contributed by atoms with van der Waals surface area (Å²) in [5, 5.41) is 5.76. The van der Waals surface area contributed by atoms with Crippen LogP contribution in [0.15, 0.2) is 58.1 Å². The molecule has 1 amide bonds. The molecule has 0 saturated heterocycles. The van der Waals surface area contributed by atoms with Crippen LogP contribution in [0, 0.1) is 5.82 Å². The second-order valence-corrected chi connectivity index (χ2v) is 5.66. The molecule has 0 N–H and O–H groups in total. The first-order valence-corrected chi connectivity index (χ1v) is 7.33. The van der Waals surface area contributed by atoms with Crippen LogP contribution >= 0.6 is 15.9 Å². The summed E-state index contributed by atoms with van der Waals surface area (Å²) in [6.45, 7) is 0.511. The average molecular weight is 347 g/mol. The van der Waals surface area contributed by atoms with Gasteiger partial charge in [0.25, 0.3) is 5.91 Å². The normalized spacial score (nSPS) is 14.2. The molecule has 21 heavy (non-hydrogen) atoms. The lowest BCUT2D eigenvalue weighted by molar-refractivity contribution is 0.0778. The second kappa shape index (κ2) is 5.77. The Morgan fingerprint density at radius 1 is 1.19 bits per heavy atom. The highest BCUT2D eigenvalue weighted by molar-refractivity contribution is 9.10. The molecule has 106 valence electrons. The predicted molar refractivity (Wildman–Crippen MR) is 82.7 cm³/mol. The van der Waals surface area contributed by atoms with Crippen LogP contribution in [0.2, 0.25) is 0 Å². The zero-order chi connectivity index (χ0) is 14.8. The van der Waals surface area contributed by atoms with Crippen LogP contribution in [-0.4, -0.2) is 23.2 Å². The third-order valence-electron chi connectivity index (χ3n) is 3.27. The molecule has 0 spiro atoms. The number of halogens is 2. The van der Waals surface area contributed by atoms with Gasteiger partial charge in [0.1, 0.15) is 5.82 Å². The van der Waals surface area contributed by atoms with Crippen molar-refractivity contribution in [1.29, 1.82) is 0 Å². The summed E-state index contributed by atoms with van der Waals surface area (Å²) in [5.41, 5.74) is 2.16. The molecular weight excluding hydrogens is 335 g/mol. The van der Waals surface area contributed by atoms with Gasteiger partial charge in [-0.1, -0.05) is 34.1 Å². The Morgan fingerprint density at radius 3 is 2.76 bits per heavy atom. The summed E-state index contributed by atoms with van der Waals surface area (Å²) < 4.78 is 14.2. The lowest BCUT2D eigenvalue weighted by Gasteiger charge is -2.11. The number of nitrogens with zero attached hydrogens (tertiary/aromatic N) is 2. The Kier molecular flexibility index (Phi) is 3.84. The van der Waals surface area contributed by atoms with Crippen molar-refractivity contribution in [2.24, 2.45) is 5.10 Å². The molecular formula is C16H12BrFN2O. The summed E-state index contributed by atoms with van der Waals surface area (Å²) in [5.74, 6) is -0.698. The van der Waals surface area contributed by atoms with E-state index in [0.717, 1.165) is 15.7 Å². The number of amides is 1. The fraction of sp³-hybridized carbons (Fsp3) is 0.125. The standard InChI is InChI=1S/C16H12BrFN2O/c17-13-5-1-3-11(9-13)15-7-8-20(19-15)16(21)12-4-2-6-14(18)10-12/h1-6,9-10H,7-8H2. The highest BCUT2D eigenvalue weighted by atomic mass is 79.9. The first kappa shape index (κ1) is 13.9. The molecule has 0 atom stereocenters. The molecule has 0 fully saturated rings. The minimum atomic E-state index is -0.420. The van der Waals surface area contributed by atoms with Gasteiger partial charge in [0.2, 0.25) is 0 Å². The number of hydrogen-bond acceptors (Lipinski definition) is 2. The van der Waals surface area contributed by atoms with Crippen molar-refractivity contribution >= 4 is 27.5 Å². The number of carbonyl (C=O) groups is 1. The van der Waals surface area contributed by atoms with Gasteiger partial charge in [-0.3, -0.25) is 4.79 Å². The molecule has 1 aliphatic rings. The SMILES string of the molecule is O=C(c1cccc(F)c1)N1CCC(c2cccc(Br)c2)=N1. The molecule has 0 unspecified atom stereocenters. The fourth-order valence-electron chi connectivity index (χ4n) is 2.25. The molecule has 3 rings (SSSR count). The van der Waals surface area contributed by atoms with E-state index in [4.69, 9.17) is 0 Å². The van der Waals surface area contributed by atoms with Crippen molar-refractivity contribution in [2.45, 2.75) is 6.42 Å². The van der Waals surface area contributed by atoms with E-state index in [1.807, 2.05) is 24.3 Å². The quantitative estimate of drug-likeness (QED) is 0.813. The number of carbonyl (C=O) groups excluding carboxylic acids is 1. The van der Waals surface area contributed by atoms with Gasteiger partial charge in [-0.25, -0.2) is 9.40 Å². The van der Waals surface area contributed by atoms with Gasteiger partial charge in [-0.15, -0.1) is 0 Å². The Bertz CT molecular complexity index is 730. The molecule has 0 bridgehead atoms. The largest absolute Gasteiger partial charge is 0.274 e. The van der Waals surface area contributed by atoms with Crippen LogP contribution in [0.3, 0.4) is 0 Å². The van der Waals surface area contributed by atoms with Crippen LogP contribution in [0.5, 0.6) is 0 Å². The Morgan fingerprint density at radius 2 is 2.00 bits per heavy atom. The van der Waals surface area contributed by atoms with Crippen LogP contribution in [0.25, 0.3) is 0 Å². The van der Waals surface area contributed by atoms with E-state index in [1.54, 1.807) is 6.07 Å². The van der Waals surface area contributed by atoms with E-state index in [0.29, 0.717) is 18.5 Å². The number of benzene rings is 2. The lowest BCUT2D eigenvalue weighted by Crippen LogP contribution is -2.23. The fourth-order valence-corrected chi connectivity index (χ4v) is 2.64. The van der Waals surface area contributed by atoms with E-state index in [-0.39, 0.29) is 5.91 Å². The summed E-state index contributed by atoms with van der Waals surface area (Å²) in [4.78, 5) is 12.3. The smallest absolute Gasteiger partial charge is 0.267 e. The van der Waals surface area contributed by atoms with Crippen molar-refractivity contribution in [3.63, 3.8) is 0 Å². The predicted octanol–water partition coefficient (Wildman–Crippen LogP) is 3.84. The number of hydrazone groups is 1. The topological polar surface area (TPSA) is 32.7 Å². The van der Waals surface area contributed by atoms with Crippen molar-refractivity contribution in [3.8, 4) is 0 Å². The first-order chi connectivity index (χ1) is 10.1. The van der Waals surface area contributed by atoms with Crippen molar-refractivity contribution in [3.05, 3.63) is 69.9 Å². The van der Waals surface area contributed by atoms with E-state index < -0.39 is 5.82 Å². The van der Waals surface area contributed by atoms with Crippen molar-refractivity contribution < 1.29 is 9.18 Å². The molecule has 1 heterocycles. The minimum absolute atomic E-state index is 0.278. The van der Waals surface area contributed by atoms with Gasteiger partial charge >= 0.3 is 0 Å². The molecule has 0 aromatic heterocycles. The maximum absolute atomic E-state index is 13.2. The Hall–Kier alpha value is -2.01. The maximum atomic E-state index is 13.2. The first-order valence-electron chi connectivity index (χ1n) is 6.54. The summed E-state index contributed by atoms with van der Waals surface area (Å²) in [7, 11) is 0. The van der Waals surface area contributed by atoms with Gasteiger partial charge < -0.3 is 0 Å². The molecule has 5 heteroatoms. The van der Waals surface area contributed by atoms with E-state index in [1.165, 1.54) is 23.2 Å². The van der Waals surface area contributed by atoms with Gasteiger partial charge in [0.05, 0.1) is 12.3 Å². The molecule has 0 saturated carbocycles. The second-order valence-electron chi connectivity index (χ2n) is 4.75. The van der Waals surface area contributed by atoms with Gasteiger partial charge in [-0.2, -0.15) is 5.10 Å². The summed E-state index contributed by atoms with van der Waals surface area (Å²) in [6, 6.07) is 13.5. The number of rotatable bonds is 2. The highest BCUT2D eigenvalue weighted by Gasteiger charge is 2.22. The number of hydrogen-bond donors (Lipinski definition) is 0. The molecule has 2 aromatic rings. The monoisotopic (exact) mass is 346 g/mol. The summed E-state index contributed by atoms with van der Waals surface area (Å²) >= 11 is 3.42. The van der Waals surface area contributed by atoms with Crippen LogP contribution in [0.1, 0.15) is 22.3 Å². The molecule has 3 nitrogen and oxygen atoms in total. The third-order valence-corrected chi connectivity index (χ3v) is 3.76. The van der Waals surface area contributed by atoms with E-state index in [9.17, 15) is 9.18 Å². The molecule has 0 radical (unpaired) electrons.